The zero-order valence-corrected chi connectivity index (χ0v) is 17.0. The molecule has 2 aromatic heterocycles. The molecule has 3 heterocycles. The SMILES string of the molecule is O=c1c(Cl)c(NCc2ccc(N3CCCCCC3)nc2)cnn1-c1ccccc1. The Bertz CT molecular complexity index is 996. The molecule has 150 valence electrons. The van der Waals surface area contributed by atoms with Gasteiger partial charge in [-0.15, -0.1) is 0 Å². The number of halogens is 1. The number of rotatable bonds is 5. The lowest BCUT2D eigenvalue weighted by atomic mass is 10.2. The molecule has 7 heteroatoms. The van der Waals surface area contributed by atoms with Gasteiger partial charge in [0.2, 0.25) is 0 Å². The second-order valence-corrected chi connectivity index (χ2v) is 7.58. The van der Waals surface area contributed by atoms with Gasteiger partial charge in [0.05, 0.1) is 17.6 Å². The summed E-state index contributed by atoms with van der Waals surface area (Å²) in [5, 5.41) is 7.56. The molecule has 0 saturated carbocycles. The van der Waals surface area contributed by atoms with Crippen LogP contribution >= 0.6 is 11.6 Å². The minimum absolute atomic E-state index is 0.123. The largest absolute Gasteiger partial charge is 0.378 e. The fraction of sp³-hybridized carbons (Fsp3) is 0.318. The van der Waals surface area contributed by atoms with E-state index in [1.54, 1.807) is 6.20 Å². The van der Waals surface area contributed by atoms with E-state index in [2.05, 4.69) is 32.4 Å². The smallest absolute Gasteiger partial charge is 0.292 e. The van der Waals surface area contributed by atoms with Gasteiger partial charge in [0.15, 0.2) is 0 Å². The summed E-state index contributed by atoms with van der Waals surface area (Å²) in [4.78, 5) is 19.5. The maximum atomic E-state index is 12.6. The van der Waals surface area contributed by atoms with E-state index in [9.17, 15) is 4.79 Å². The summed E-state index contributed by atoms with van der Waals surface area (Å²) in [6.45, 7) is 2.66. The van der Waals surface area contributed by atoms with Gasteiger partial charge in [-0.1, -0.05) is 48.7 Å². The Kier molecular flexibility index (Phi) is 6.10. The lowest BCUT2D eigenvalue weighted by Crippen LogP contribution is -2.24. The van der Waals surface area contributed by atoms with Gasteiger partial charge in [-0.25, -0.2) is 4.98 Å². The van der Waals surface area contributed by atoms with E-state index in [1.165, 1.54) is 30.4 Å². The van der Waals surface area contributed by atoms with Gasteiger partial charge >= 0.3 is 0 Å². The quantitative estimate of drug-likeness (QED) is 0.681. The van der Waals surface area contributed by atoms with Crippen molar-refractivity contribution in [2.24, 2.45) is 0 Å². The normalized spacial score (nSPS) is 14.4. The van der Waals surface area contributed by atoms with Gasteiger partial charge in [-0.3, -0.25) is 4.79 Å². The van der Waals surface area contributed by atoms with Gasteiger partial charge in [-0.05, 0) is 36.6 Å². The Morgan fingerprint density at radius 2 is 1.72 bits per heavy atom. The predicted octanol–water partition coefficient (Wildman–Crippen LogP) is 4.27. The van der Waals surface area contributed by atoms with Crippen LogP contribution in [0.4, 0.5) is 11.5 Å². The van der Waals surface area contributed by atoms with Crippen LogP contribution in [0.1, 0.15) is 31.2 Å². The summed E-state index contributed by atoms with van der Waals surface area (Å²) in [6.07, 6.45) is 8.51. The fourth-order valence-electron chi connectivity index (χ4n) is 3.51. The highest BCUT2D eigenvalue weighted by Gasteiger charge is 2.12. The van der Waals surface area contributed by atoms with Crippen molar-refractivity contribution in [1.82, 2.24) is 14.8 Å². The zero-order valence-electron chi connectivity index (χ0n) is 16.2. The van der Waals surface area contributed by atoms with E-state index in [0.717, 1.165) is 24.5 Å². The predicted molar refractivity (Wildman–Crippen MR) is 117 cm³/mol. The molecule has 1 aromatic carbocycles. The molecule has 0 bridgehead atoms. The molecule has 0 radical (unpaired) electrons. The average Bonchev–Trinajstić information content (AvgIpc) is 3.05. The average molecular weight is 410 g/mol. The van der Waals surface area contributed by atoms with Crippen molar-refractivity contribution in [3.8, 4) is 5.69 Å². The van der Waals surface area contributed by atoms with Crippen LogP contribution in [-0.4, -0.2) is 27.9 Å². The summed E-state index contributed by atoms with van der Waals surface area (Å²) in [7, 11) is 0. The molecule has 29 heavy (non-hydrogen) atoms. The Balaban J connectivity index is 1.44. The molecule has 1 fully saturated rings. The first kappa shape index (κ1) is 19.5. The van der Waals surface area contributed by atoms with E-state index in [-0.39, 0.29) is 10.6 Å². The first-order valence-electron chi connectivity index (χ1n) is 9.99. The molecule has 4 rings (SSSR count). The van der Waals surface area contributed by atoms with E-state index < -0.39 is 0 Å². The van der Waals surface area contributed by atoms with Crippen LogP contribution in [0.3, 0.4) is 0 Å². The third kappa shape index (κ3) is 4.59. The van der Waals surface area contributed by atoms with Crippen molar-refractivity contribution in [2.45, 2.75) is 32.2 Å². The Morgan fingerprint density at radius 1 is 0.966 bits per heavy atom. The monoisotopic (exact) mass is 409 g/mol. The van der Waals surface area contributed by atoms with Crippen molar-refractivity contribution in [3.63, 3.8) is 0 Å². The van der Waals surface area contributed by atoms with Crippen LogP contribution in [0.5, 0.6) is 0 Å². The highest BCUT2D eigenvalue weighted by Crippen LogP contribution is 2.20. The molecule has 0 unspecified atom stereocenters. The molecule has 1 aliphatic rings. The lowest BCUT2D eigenvalue weighted by molar-refractivity contribution is 0.726. The van der Waals surface area contributed by atoms with Crippen LogP contribution in [0.15, 0.2) is 59.7 Å². The molecule has 0 aliphatic carbocycles. The summed E-state index contributed by atoms with van der Waals surface area (Å²) in [6, 6.07) is 13.4. The molecule has 0 atom stereocenters. The second-order valence-electron chi connectivity index (χ2n) is 7.20. The zero-order chi connectivity index (χ0) is 20.1. The highest BCUT2D eigenvalue weighted by molar-refractivity contribution is 6.32. The van der Waals surface area contributed by atoms with Crippen molar-refractivity contribution in [1.29, 1.82) is 0 Å². The number of benzene rings is 1. The third-order valence-corrected chi connectivity index (χ3v) is 5.51. The standard InChI is InChI=1S/C22H24ClN5O/c23-21-19(16-26-28(22(21)29)18-8-4-3-5-9-18)24-14-17-10-11-20(25-15-17)27-12-6-1-2-7-13-27/h3-5,8-11,15-16,24H,1-2,6-7,12-14H2. The Hall–Kier alpha value is -2.86. The molecule has 1 N–H and O–H groups in total. The van der Waals surface area contributed by atoms with Gasteiger partial charge in [0.25, 0.3) is 5.56 Å². The van der Waals surface area contributed by atoms with E-state index >= 15 is 0 Å². The van der Waals surface area contributed by atoms with Crippen LogP contribution in [0.2, 0.25) is 5.02 Å². The molecule has 6 nitrogen and oxygen atoms in total. The number of para-hydroxylation sites is 1. The topological polar surface area (TPSA) is 63.1 Å². The van der Waals surface area contributed by atoms with Crippen molar-refractivity contribution < 1.29 is 0 Å². The number of hydrogen-bond donors (Lipinski definition) is 1. The fourth-order valence-corrected chi connectivity index (χ4v) is 3.71. The number of anilines is 2. The van der Waals surface area contributed by atoms with Crippen molar-refractivity contribution in [2.75, 3.05) is 23.3 Å². The second kappa shape index (κ2) is 9.09. The van der Waals surface area contributed by atoms with Crippen LogP contribution in [0, 0.1) is 0 Å². The third-order valence-electron chi connectivity index (χ3n) is 5.14. The van der Waals surface area contributed by atoms with Crippen LogP contribution < -0.4 is 15.8 Å². The minimum Gasteiger partial charge on any atom is -0.378 e. The summed E-state index contributed by atoms with van der Waals surface area (Å²) in [5.74, 6) is 1.03. The molecular formula is C22H24ClN5O. The molecule has 1 saturated heterocycles. The summed E-state index contributed by atoms with van der Waals surface area (Å²) >= 11 is 6.30. The molecule has 1 aliphatic heterocycles. The van der Waals surface area contributed by atoms with Crippen molar-refractivity contribution in [3.05, 3.63) is 75.8 Å². The molecular weight excluding hydrogens is 386 g/mol. The number of nitrogens with zero attached hydrogens (tertiary/aromatic N) is 4. The van der Waals surface area contributed by atoms with Crippen LogP contribution in [-0.2, 0) is 6.54 Å². The molecule has 3 aromatic rings. The molecule has 0 spiro atoms. The first-order valence-corrected chi connectivity index (χ1v) is 10.4. The minimum atomic E-state index is -0.350. The van der Waals surface area contributed by atoms with E-state index in [4.69, 9.17) is 11.6 Å². The van der Waals surface area contributed by atoms with Gasteiger partial charge < -0.3 is 10.2 Å². The maximum Gasteiger partial charge on any atom is 0.292 e. The van der Waals surface area contributed by atoms with Gasteiger partial charge in [-0.2, -0.15) is 9.78 Å². The number of nitrogens with one attached hydrogen (secondary N) is 1. The Morgan fingerprint density at radius 3 is 2.41 bits per heavy atom. The lowest BCUT2D eigenvalue weighted by Gasteiger charge is -2.21. The van der Waals surface area contributed by atoms with Crippen molar-refractivity contribution >= 4 is 23.1 Å². The maximum absolute atomic E-state index is 12.6. The molecule has 0 amide bonds. The summed E-state index contributed by atoms with van der Waals surface area (Å²) in [5.41, 5.74) is 1.86. The highest BCUT2D eigenvalue weighted by atomic mass is 35.5. The Labute approximate surface area is 175 Å². The first-order chi connectivity index (χ1) is 14.2. The number of pyridine rings is 1. The summed E-state index contributed by atoms with van der Waals surface area (Å²) < 4.78 is 1.30. The van der Waals surface area contributed by atoms with E-state index in [1.807, 2.05) is 36.5 Å². The van der Waals surface area contributed by atoms with Crippen LogP contribution in [0.25, 0.3) is 5.69 Å². The van der Waals surface area contributed by atoms with Gasteiger partial charge in [0, 0.05) is 25.8 Å². The van der Waals surface area contributed by atoms with Gasteiger partial charge in [0.1, 0.15) is 10.8 Å². The number of hydrogen-bond acceptors (Lipinski definition) is 5. The number of aromatic nitrogens is 3. The van der Waals surface area contributed by atoms with E-state index in [0.29, 0.717) is 17.9 Å².